The summed E-state index contributed by atoms with van der Waals surface area (Å²) in [7, 11) is 1.47. The summed E-state index contributed by atoms with van der Waals surface area (Å²) in [6, 6.07) is 9.32. The number of nitrogens with one attached hydrogen (secondary N) is 2. The van der Waals surface area contributed by atoms with Gasteiger partial charge in [0.25, 0.3) is 0 Å². The van der Waals surface area contributed by atoms with E-state index in [0.717, 1.165) is 24.7 Å². The van der Waals surface area contributed by atoms with Crippen LogP contribution in [0.1, 0.15) is 11.3 Å². The fraction of sp³-hybridized carbons (Fsp3) is 0.250. The summed E-state index contributed by atoms with van der Waals surface area (Å²) in [5.41, 5.74) is 0.561. The lowest BCUT2D eigenvalue weighted by Gasteiger charge is -2.35. The molecule has 0 radical (unpaired) electrons. The number of benzene rings is 2. The standard InChI is InChI=1S/C24H21F7N4O2/c1-32-35-14-33-12-22(36,19-8-5-17(25)10-20(19)26)24(30,31)21-9-4-16(11-34-21)15-2-6-18(7-3-15)37-13-23(27,28)29/h2-11,14,32,36H,12-13H2,1H3,(H,33,35). The minimum absolute atomic E-state index is 0.0445. The molecule has 3 rings (SSSR count). The van der Waals surface area contributed by atoms with E-state index in [1.165, 1.54) is 37.4 Å². The van der Waals surface area contributed by atoms with Crippen molar-refractivity contribution in [2.45, 2.75) is 17.7 Å². The maximum Gasteiger partial charge on any atom is 0.422 e. The van der Waals surface area contributed by atoms with E-state index in [1.54, 1.807) is 0 Å². The van der Waals surface area contributed by atoms with Crippen LogP contribution in [-0.2, 0) is 11.5 Å². The first kappa shape index (κ1) is 27.9. The molecule has 0 aliphatic heterocycles. The third kappa shape index (κ3) is 6.54. The molecule has 1 unspecified atom stereocenters. The average Bonchev–Trinajstić information content (AvgIpc) is 2.85. The Morgan fingerprint density at radius 3 is 2.22 bits per heavy atom. The quantitative estimate of drug-likeness (QED) is 0.153. The Kier molecular flexibility index (Phi) is 8.39. The van der Waals surface area contributed by atoms with Crippen LogP contribution in [0, 0.1) is 11.6 Å². The predicted octanol–water partition coefficient (Wildman–Crippen LogP) is 4.70. The number of aliphatic hydroxyl groups is 1. The second-order valence-corrected chi connectivity index (χ2v) is 7.78. The lowest BCUT2D eigenvalue weighted by molar-refractivity contribution is -0.193. The average molecular weight is 530 g/mol. The lowest BCUT2D eigenvalue weighted by atomic mass is 9.84. The lowest BCUT2D eigenvalue weighted by Crippen LogP contribution is -2.47. The smallest absolute Gasteiger partial charge is 0.422 e. The fourth-order valence-electron chi connectivity index (χ4n) is 3.34. The highest BCUT2D eigenvalue weighted by Gasteiger charge is 2.57. The molecule has 0 saturated carbocycles. The van der Waals surface area contributed by atoms with Crippen LogP contribution in [0.2, 0.25) is 0 Å². The van der Waals surface area contributed by atoms with Crippen molar-refractivity contribution in [2.75, 3.05) is 20.2 Å². The number of rotatable bonds is 10. The van der Waals surface area contributed by atoms with E-state index < -0.39 is 53.7 Å². The summed E-state index contributed by atoms with van der Waals surface area (Å²) in [6.45, 7) is -2.48. The van der Waals surface area contributed by atoms with Gasteiger partial charge >= 0.3 is 12.1 Å². The van der Waals surface area contributed by atoms with Gasteiger partial charge in [-0.05, 0) is 35.9 Å². The first-order valence-electron chi connectivity index (χ1n) is 10.6. The summed E-state index contributed by atoms with van der Waals surface area (Å²) in [6.07, 6.45) is -2.47. The minimum atomic E-state index is -4.50. The number of alkyl halides is 5. The molecule has 0 bridgehead atoms. The number of halogens is 7. The van der Waals surface area contributed by atoms with Crippen LogP contribution in [0.3, 0.4) is 0 Å². The molecule has 1 aromatic heterocycles. The van der Waals surface area contributed by atoms with E-state index in [0.29, 0.717) is 23.3 Å². The molecule has 0 spiro atoms. The molecule has 6 nitrogen and oxygen atoms in total. The van der Waals surface area contributed by atoms with Crippen LogP contribution in [0.5, 0.6) is 5.75 Å². The van der Waals surface area contributed by atoms with Crippen molar-refractivity contribution in [2.24, 2.45) is 4.99 Å². The Labute approximate surface area is 206 Å². The highest BCUT2D eigenvalue weighted by atomic mass is 19.4. The van der Waals surface area contributed by atoms with Gasteiger partial charge in [0.1, 0.15) is 23.1 Å². The number of hydrogen-bond donors (Lipinski definition) is 3. The Morgan fingerprint density at radius 1 is 0.973 bits per heavy atom. The zero-order chi connectivity index (χ0) is 27.3. The molecule has 37 heavy (non-hydrogen) atoms. The van der Waals surface area contributed by atoms with Crippen LogP contribution in [-0.4, -0.2) is 42.8 Å². The monoisotopic (exact) mass is 530 g/mol. The number of hydrogen-bond acceptors (Lipinski definition) is 5. The Balaban J connectivity index is 1.91. The molecular weight excluding hydrogens is 509 g/mol. The Hall–Kier alpha value is -3.71. The SMILES string of the molecule is CNNC=NCC(O)(c1ccc(F)cc1F)C(F)(F)c1ccc(-c2ccc(OCC(F)(F)F)cc2)cn1. The molecule has 3 N–H and O–H groups in total. The van der Waals surface area contributed by atoms with Gasteiger partial charge in [-0.25, -0.2) is 14.2 Å². The van der Waals surface area contributed by atoms with E-state index in [9.17, 15) is 27.1 Å². The number of ether oxygens (including phenoxy) is 1. The van der Waals surface area contributed by atoms with Gasteiger partial charge in [0.05, 0.1) is 12.9 Å². The summed E-state index contributed by atoms with van der Waals surface area (Å²) < 4.78 is 101. The molecule has 0 fully saturated rings. The largest absolute Gasteiger partial charge is 0.484 e. The molecule has 0 amide bonds. The van der Waals surface area contributed by atoms with Gasteiger partial charge in [-0.1, -0.05) is 18.2 Å². The summed E-state index contributed by atoms with van der Waals surface area (Å²) in [5.74, 6) is -6.67. The number of nitrogens with zero attached hydrogens (tertiary/aromatic N) is 2. The van der Waals surface area contributed by atoms with Gasteiger partial charge in [0.2, 0.25) is 0 Å². The third-order valence-corrected chi connectivity index (χ3v) is 5.19. The predicted molar refractivity (Wildman–Crippen MR) is 121 cm³/mol. The van der Waals surface area contributed by atoms with Gasteiger partial charge in [-0.15, -0.1) is 0 Å². The van der Waals surface area contributed by atoms with Crippen molar-refractivity contribution in [1.82, 2.24) is 15.8 Å². The molecule has 13 heteroatoms. The van der Waals surface area contributed by atoms with E-state index in [2.05, 4.69) is 25.6 Å². The molecule has 1 atom stereocenters. The van der Waals surface area contributed by atoms with E-state index >= 15 is 8.78 Å². The Bertz CT molecular complexity index is 1220. The highest BCUT2D eigenvalue weighted by molar-refractivity contribution is 5.63. The van der Waals surface area contributed by atoms with Crippen LogP contribution >= 0.6 is 0 Å². The molecule has 198 valence electrons. The summed E-state index contributed by atoms with van der Waals surface area (Å²) in [4.78, 5) is 7.40. The van der Waals surface area contributed by atoms with Crippen molar-refractivity contribution in [3.05, 3.63) is 83.7 Å². The maximum absolute atomic E-state index is 15.7. The van der Waals surface area contributed by atoms with Crippen molar-refractivity contribution >= 4 is 6.34 Å². The second-order valence-electron chi connectivity index (χ2n) is 7.78. The molecule has 0 aliphatic carbocycles. The zero-order valence-corrected chi connectivity index (χ0v) is 19.2. The Morgan fingerprint density at radius 2 is 1.65 bits per heavy atom. The van der Waals surface area contributed by atoms with Crippen molar-refractivity contribution < 1.29 is 40.6 Å². The molecule has 3 aromatic rings. The molecule has 0 saturated heterocycles. The molecule has 2 aromatic carbocycles. The molecule has 0 aliphatic rings. The number of aromatic nitrogens is 1. The van der Waals surface area contributed by atoms with Gasteiger partial charge in [0.15, 0.2) is 12.2 Å². The number of hydrazine groups is 1. The fourth-order valence-corrected chi connectivity index (χ4v) is 3.34. The van der Waals surface area contributed by atoms with Crippen molar-refractivity contribution in [1.29, 1.82) is 0 Å². The van der Waals surface area contributed by atoms with Gasteiger partial charge in [-0.3, -0.25) is 9.98 Å². The maximum atomic E-state index is 15.7. The minimum Gasteiger partial charge on any atom is -0.484 e. The van der Waals surface area contributed by atoms with Gasteiger partial charge < -0.3 is 15.3 Å². The van der Waals surface area contributed by atoms with Crippen molar-refractivity contribution in [3.8, 4) is 16.9 Å². The van der Waals surface area contributed by atoms with E-state index in [1.807, 2.05) is 0 Å². The van der Waals surface area contributed by atoms with Crippen LogP contribution in [0.15, 0.2) is 65.8 Å². The van der Waals surface area contributed by atoms with Crippen molar-refractivity contribution in [3.63, 3.8) is 0 Å². The summed E-state index contributed by atoms with van der Waals surface area (Å²) >= 11 is 0. The van der Waals surface area contributed by atoms with E-state index in [-0.39, 0.29) is 5.75 Å². The van der Waals surface area contributed by atoms with Gasteiger partial charge in [0, 0.05) is 30.4 Å². The number of aliphatic imine (C=N–C) groups is 1. The van der Waals surface area contributed by atoms with Gasteiger partial charge in [-0.2, -0.15) is 22.0 Å². The number of pyridine rings is 1. The normalized spacial score (nSPS) is 14.0. The highest BCUT2D eigenvalue weighted by Crippen LogP contribution is 2.46. The third-order valence-electron chi connectivity index (χ3n) is 5.19. The first-order valence-corrected chi connectivity index (χ1v) is 10.6. The van der Waals surface area contributed by atoms with Crippen LogP contribution < -0.4 is 15.6 Å². The first-order chi connectivity index (χ1) is 17.4. The van der Waals surface area contributed by atoms with E-state index in [4.69, 9.17) is 0 Å². The molecular formula is C24H21F7N4O2. The van der Waals surface area contributed by atoms with Crippen LogP contribution in [0.25, 0.3) is 11.1 Å². The zero-order valence-electron chi connectivity index (χ0n) is 19.2. The molecule has 1 heterocycles. The second kappa shape index (κ2) is 11.1. The van der Waals surface area contributed by atoms with Crippen LogP contribution in [0.4, 0.5) is 30.7 Å². The summed E-state index contributed by atoms with van der Waals surface area (Å²) in [5, 5.41) is 11.1. The topological polar surface area (TPSA) is 78.8 Å².